The first-order valence-corrected chi connectivity index (χ1v) is 5.04. The average molecular weight is 244 g/mol. The monoisotopic (exact) mass is 244 g/mol. The van der Waals surface area contributed by atoms with Gasteiger partial charge in [-0.05, 0) is 12.1 Å². The van der Waals surface area contributed by atoms with E-state index in [0.29, 0.717) is 18.7 Å². The van der Waals surface area contributed by atoms with E-state index in [9.17, 15) is 13.2 Å². The van der Waals surface area contributed by atoms with Crippen LogP contribution in [-0.2, 0) is 17.5 Å². The van der Waals surface area contributed by atoms with E-state index in [4.69, 9.17) is 4.74 Å². The summed E-state index contributed by atoms with van der Waals surface area (Å²) < 4.78 is 44.7. The van der Waals surface area contributed by atoms with E-state index in [1.165, 1.54) is 12.4 Å². The van der Waals surface area contributed by atoms with E-state index < -0.39 is 11.7 Å². The third-order valence-electron chi connectivity index (χ3n) is 2.49. The lowest BCUT2D eigenvalue weighted by Gasteiger charge is -2.08. The predicted octanol–water partition coefficient (Wildman–Crippen LogP) is 2.70. The van der Waals surface area contributed by atoms with Gasteiger partial charge in [-0.3, -0.25) is 0 Å². The Bertz CT molecular complexity index is 519. The van der Waals surface area contributed by atoms with Crippen molar-refractivity contribution in [2.24, 2.45) is 0 Å². The maximum Gasteiger partial charge on any atom is 0.418 e. The molecule has 0 aliphatic heterocycles. The van der Waals surface area contributed by atoms with Crippen molar-refractivity contribution < 1.29 is 17.9 Å². The van der Waals surface area contributed by atoms with E-state index in [1.807, 2.05) is 0 Å². The Labute approximate surface area is 95.8 Å². The summed E-state index contributed by atoms with van der Waals surface area (Å²) in [6.07, 6.45) is -2.97. The summed E-state index contributed by atoms with van der Waals surface area (Å²) in [5.74, 6) is 0. The minimum Gasteiger partial charge on any atom is -0.383 e. The van der Waals surface area contributed by atoms with Gasteiger partial charge in [-0.25, -0.2) is 4.98 Å². The largest absolute Gasteiger partial charge is 0.418 e. The molecule has 0 bridgehead atoms. The number of hydrogen-bond acceptors (Lipinski definition) is 2. The number of para-hydroxylation sites is 1. The molecule has 0 atom stereocenters. The van der Waals surface area contributed by atoms with Crippen molar-refractivity contribution in [1.29, 1.82) is 0 Å². The van der Waals surface area contributed by atoms with E-state index >= 15 is 0 Å². The fourth-order valence-corrected chi connectivity index (χ4v) is 1.68. The third kappa shape index (κ3) is 2.26. The summed E-state index contributed by atoms with van der Waals surface area (Å²) in [5, 5.41) is 0. The molecule has 1 heterocycles. The number of alkyl halides is 3. The van der Waals surface area contributed by atoms with Crippen LogP contribution >= 0.6 is 0 Å². The van der Waals surface area contributed by atoms with Gasteiger partial charge in [-0.2, -0.15) is 13.2 Å². The van der Waals surface area contributed by atoms with Crippen LogP contribution in [0.25, 0.3) is 11.0 Å². The summed E-state index contributed by atoms with van der Waals surface area (Å²) in [6, 6.07) is 4.04. The molecule has 92 valence electrons. The van der Waals surface area contributed by atoms with Gasteiger partial charge in [-0.1, -0.05) is 6.07 Å². The Hall–Kier alpha value is -1.56. The lowest BCUT2D eigenvalue weighted by Crippen LogP contribution is -2.06. The minimum atomic E-state index is -4.38. The SMILES string of the molecule is COCCn1cnc2c(C(F)(F)F)cccc21. The number of fused-ring (bicyclic) bond motifs is 1. The molecule has 0 spiro atoms. The van der Waals surface area contributed by atoms with Crippen molar-refractivity contribution in [2.45, 2.75) is 12.7 Å². The average Bonchev–Trinajstić information content (AvgIpc) is 2.67. The zero-order chi connectivity index (χ0) is 12.5. The molecule has 17 heavy (non-hydrogen) atoms. The molecule has 0 unspecified atom stereocenters. The maximum atomic E-state index is 12.7. The van der Waals surface area contributed by atoms with Crippen LogP contribution in [0.3, 0.4) is 0 Å². The highest BCUT2D eigenvalue weighted by molar-refractivity contribution is 5.79. The fraction of sp³-hybridized carbons (Fsp3) is 0.364. The van der Waals surface area contributed by atoms with Crippen LogP contribution in [0.15, 0.2) is 24.5 Å². The first-order chi connectivity index (χ1) is 8.04. The predicted molar refractivity (Wildman–Crippen MR) is 56.6 cm³/mol. The Morgan fingerprint density at radius 3 is 2.76 bits per heavy atom. The van der Waals surface area contributed by atoms with E-state index in [-0.39, 0.29) is 5.52 Å². The Morgan fingerprint density at radius 1 is 1.35 bits per heavy atom. The van der Waals surface area contributed by atoms with Gasteiger partial charge in [0.15, 0.2) is 0 Å². The Balaban J connectivity index is 2.49. The smallest absolute Gasteiger partial charge is 0.383 e. The normalized spacial score (nSPS) is 12.2. The van der Waals surface area contributed by atoms with Crippen LogP contribution in [0.4, 0.5) is 13.2 Å². The summed E-state index contributed by atoms with van der Waals surface area (Å²) >= 11 is 0. The Morgan fingerprint density at radius 2 is 2.12 bits per heavy atom. The molecule has 0 aliphatic carbocycles. The number of rotatable bonds is 3. The molecule has 1 aromatic heterocycles. The lowest BCUT2D eigenvalue weighted by molar-refractivity contribution is -0.136. The van der Waals surface area contributed by atoms with Crippen molar-refractivity contribution in [3.05, 3.63) is 30.1 Å². The van der Waals surface area contributed by atoms with Crippen molar-refractivity contribution >= 4 is 11.0 Å². The second-order valence-corrected chi connectivity index (χ2v) is 3.60. The summed E-state index contributed by atoms with van der Waals surface area (Å²) in [6.45, 7) is 0.913. The second-order valence-electron chi connectivity index (χ2n) is 3.60. The highest BCUT2D eigenvalue weighted by atomic mass is 19.4. The molecule has 0 N–H and O–H groups in total. The highest BCUT2D eigenvalue weighted by Crippen LogP contribution is 2.33. The second kappa shape index (κ2) is 4.37. The number of aromatic nitrogens is 2. The maximum absolute atomic E-state index is 12.7. The van der Waals surface area contributed by atoms with Gasteiger partial charge in [0.25, 0.3) is 0 Å². The number of methoxy groups -OCH3 is 1. The van der Waals surface area contributed by atoms with Crippen molar-refractivity contribution in [3.63, 3.8) is 0 Å². The summed E-state index contributed by atoms with van der Waals surface area (Å²) in [5.41, 5.74) is -0.251. The van der Waals surface area contributed by atoms with Gasteiger partial charge >= 0.3 is 6.18 Å². The molecule has 3 nitrogen and oxygen atoms in total. The number of halogens is 3. The van der Waals surface area contributed by atoms with Gasteiger partial charge in [0.05, 0.1) is 24.0 Å². The van der Waals surface area contributed by atoms with Crippen LogP contribution < -0.4 is 0 Å². The highest BCUT2D eigenvalue weighted by Gasteiger charge is 2.33. The first kappa shape index (κ1) is 11.9. The van der Waals surface area contributed by atoms with Gasteiger partial charge in [0.2, 0.25) is 0 Å². The quantitative estimate of drug-likeness (QED) is 0.830. The van der Waals surface area contributed by atoms with Gasteiger partial charge in [0.1, 0.15) is 5.52 Å². The molecule has 0 aliphatic rings. The number of imidazole rings is 1. The number of ether oxygens (including phenoxy) is 1. The molecule has 0 fully saturated rings. The molecule has 0 saturated heterocycles. The van der Waals surface area contributed by atoms with Crippen LogP contribution in [-0.4, -0.2) is 23.3 Å². The van der Waals surface area contributed by atoms with Crippen molar-refractivity contribution in [2.75, 3.05) is 13.7 Å². The molecular weight excluding hydrogens is 233 g/mol. The van der Waals surface area contributed by atoms with E-state index in [0.717, 1.165) is 6.07 Å². The fourth-order valence-electron chi connectivity index (χ4n) is 1.68. The molecule has 0 radical (unpaired) electrons. The Kier molecular flexibility index (Phi) is 3.06. The minimum absolute atomic E-state index is 0.0175. The molecular formula is C11H11F3N2O. The number of nitrogens with zero attached hydrogens (tertiary/aromatic N) is 2. The van der Waals surface area contributed by atoms with Gasteiger partial charge in [0, 0.05) is 13.7 Å². The molecule has 0 amide bonds. The molecule has 0 saturated carbocycles. The zero-order valence-electron chi connectivity index (χ0n) is 9.16. The molecule has 2 aromatic rings. The first-order valence-electron chi connectivity index (χ1n) is 5.04. The molecule has 2 rings (SSSR count). The van der Waals surface area contributed by atoms with Gasteiger partial charge in [-0.15, -0.1) is 0 Å². The van der Waals surface area contributed by atoms with Gasteiger partial charge < -0.3 is 9.30 Å². The van der Waals surface area contributed by atoms with Crippen LogP contribution in [0.5, 0.6) is 0 Å². The zero-order valence-corrected chi connectivity index (χ0v) is 9.16. The van der Waals surface area contributed by atoms with E-state index in [1.54, 1.807) is 17.7 Å². The standard InChI is InChI=1S/C11H11F3N2O/c1-17-6-5-16-7-15-10-8(11(12,13)14)3-2-4-9(10)16/h2-4,7H,5-6H2,1H3. The third-order valence-corrected chi connectivity index (χ3v) is 2.49. The number of benzene rings is 1. The van der Waals surface area contributed by atoms with E-state index in [2.05, 4.69) is 4.98 Å². The van der Waals surface area contributed by atoms with Crippen molar-refractivity contribution in [3.8, 4) is 0 Å². The van der Waals surface area contributed by atoms with Crippen LogP contribution in [0.1, 0.15) is 5.56 Å². The molecule has 6 heteroatoms. The number of hydrogen-bond donors (Lipinski definition) is 0. The van der Waals surface area contributed by atoms with Crippen LogP contribution in [0.2, 0.25) is 0 Å². The summed E-state index contributed by atoms with van der Waals surface area (Å²) in [7, 11) is 1.54. The van der Waals surface area contributed by atoms with Crippen LogP contribution in [0, 0.1) is 0 Å². The topological polar surface area (TPSA) is 27.1 Å². The van der Waals surface area contributed by atoms with Crippen molar-refractivity contribution in [1.82, 2.24) is 9.55 Å². The lowest BCUT2D eigenvalue weighted by atomic mass is 10.2. The summed E-state index contributed by atoms with van der Waals surface area (Å²) in [4.78, 5) is 3.83. The molecule has 1 aromatic carbocycles.